The molecule has 6 heteroatoms. The van der Waals surface area contributed by atoms with Crippen molar-refractivity contribution in [3.63, 3.8) is 0 Å². The summed E-state index contributed by atoms with van der Waals surface area (Å²) >= 11 is 1.65. The molecule has 0 amide bonds. The normalized spacial score (nSPS) is 11.1. The van der Waals surface area contributed by atoms with Gasteiger partial charge in [0, 0.05) is 19.3 Å². The molecule has 5 nitrogen and oxygen atoms in total. The van der Waals surface area contributed by atoms with Gasteiger partial charge in [-0.15, -0.1) is 11.3 Å². The first-order valence-electron chi connectivity index (χ1n) is 6.61. The Bertz CT molecular complexity index is 504. The lowest BCUT2D eigenvalue weighted by Gasteiger charge is -2.08. The molecule has 1 N–H and O–H groups in total. The predicted octanol–water partition coefficient (Wildman–Crippen LogP) is 2.39. The molecule has 1 aromatic heterocycles. The minimum atomic E-state index is 0.607. The van der Waals surface area contributed by atoms with E-state index < -0.39 is 0 Å². The number of nitrogens with zero attached hydrogens (tertiary/aromatic N) is 1. The van der Waals surface area contributed by atoms with E-state index in [0.717, 1.165) is 17.7 Å². The molecular weight excluding hydrogens is 276 g/mol. The van der Waals surface area contributed by atoms with Crippen LogP contribution in [0.1, 0.15) is 0 Å². The Morgan fingerprint density at radius 1 is 1.10 bits per heavy atom. The Morgan fingerprint density at radius 2 is 1.90 bits per heavy atom. The molecule has 0 unspecified atom stereocenters. The van der Waals surface area contributed by atoms with Crippen LogP contribution in [0.4, 0.5) is 5.69 Å². The zero-order valence-corrected chi connectivity index (χ0v) is 12.4. The summed E-state index contributed by atoms with van der Waals surface area (Å²) in [4.78, 5) is 4.25. The fraction of sp³-hybridized carbons (Fsp3) is 0.500. The highest BCUT2D eigenvalue weighted by Gasteiger charge is 1.98. The molecule has 0 aliphatic carbocycles. The smallest absolute Gasteiger partial charge is 0.0813 e. The maximum atomic E-state index is 5.47. The summed E-state index contributed by atoms with van der Waals surface area (Å²) in [6.45, 7) is 3.90. The Hall–Kier alpha value is -1.21. The Balaban J connectivity index is 1.54. The minimum absolute atomic E-state index is 0.607. The van der Waals surface area contributed by atoms with E-state index in [1.165, 1.54) is 4.70 Å². The molecule has 110 valence electrons. The number of fused-ring (bicyclic) bond motifs is 1. The molecule has 2 rings (SSSR count). The van der Waals surface area contributed by atoms with Gasteiger partial charge in [0.05, 0.1) is 48.8 Å². The second kappa shape index (κ2) is 8.86. The van der Waals surface area contributed by atoms with Crippen LogP contribution in [-0.2, 0) is 14.2 Å². The highest BCUT2D eigenvalue weighted by Crippen LogP contribution is 2.21. The second-order valence-electron chi connectivity index (χ2n) is 4.18. The average Bonchev–Trinajstić information content (AvgIpc) is 2.93. The fourth-order valence-electron chi connectivity index (χ4n) is 1.70. The van der Waals surface area contributed by atoms with Crippen LogP contribution in [0.5, 0.6) is 0 Å². The van der Waals surface area contributed by atoms with Crippen molar-refractivity contribution in [1.82, 2.24) is 4.98 Å². The van der Waals surface area contributed by atoms with Crippen LogP contribution in [0.2, 0.25) is 0 Å². The molecule has 0 spiro atoms. The van der Waals surface area contributed by atoms with E-state index in [1.54, 1.807) is 18.4 Å². The summed E-state index contributed by atoms with van der Waals surface area (Å²) in [6.07, 6.45) is 0. The standard InChI is InChI=1S/C14H20N2O3S/c1-17-6-7-19-9-8-18-5-4-15-12-2-3-13-14(10-12)20-11-16-13/h2-3,10-11,15H,4-9H2,1H3. The number of hydrogen-bond donors (Lipinski definition) is 1. The van der Waals surface area contributed by atoms with Gasteiger partial charge < -0.3 is 19.5 Å². The zero-order chi connectivity index (χ0) is 14.0. The lowest BCUT2D eigenvalue weighted by atomic mass is 10.3. The quantitative estimate of drug-likeness (QED) is 0.682. The average molecular weight is 296 g/mol. The van der Waals surface area contributed by atoms with Crippen LogP contribution < -0.4 is 5.32 Å². The monoisotopic (exact) mass is 296 g/mol. The SMILES string of the molecule is COCCOCCOCCNc1ccc2ncsc2c1. The lowest BCUT2D eigenvalue weighted by molar-refractivity contribution is 0.0272. The Morgan fingerprint density at radius 3 is 2.75 bits per heavy atom. The number of hydrogen-bond acceptors (Lipinski definition) is 6. The van der Waals surface area contributed by atoms with Gasteiger partial charge >= 0.3 is 0 Å². The predicted molar refractivity (Wildman–Crippen MR) is 81.6 cm³/mol. The van der Waals surface area contributed by atoms with Gasteiger partial charge in [0.2, 0.25) is 0 Å². The Labute approximate surface area is 122 Å². The summed E-state index contributed by atoms with van der Waals surface area (Å²) in [5.74, 6) is 0. The van der Waals surface area contributed by atoms with E-state index in [4.69, 9.17) is 14.2 Å². The van der Waals surface area contributed by atoms with E-state index in [-0.39, 0.29) is 0 Å². The molecule has 1 aromatic carbocycles. The first-order chi connectivity index (χ1) is 9.90. The minimum Gasteiger partial charge on any atom is -0.383 e. The topological polar surface area (TPSA) is 52.6 Å². The lowest BCUT2D eigenvalue weighted by Crippen LogP contribution is -2.13. The summed E-state index contributed by atoms with van der Waals surface area (Å²) in [7, 11) is 1.66. The van der Waals surface area contributed by atoms with Crippen LogP contribution in [0.3, 0.4) is 0 Å². The number of anilines is 1. The van der Waals surface area contributed by atoms with Gasteiger partial charge in [-0.25, -0.2) is 4.98 Å². The van der Waals surface area contributed by atoms with Crippen molar-refractivity contribution in [3.05, 3.63) is 23.7 Å². The first kappa shape index (κ1) is 15.2. The van der Waals surface area contributed by atoms with Gasteiger partial charge in [-0.1, -0.05) is 0 Å². The van der Waals surface area contributed by atoms with Crippen molar-refractivity contribution in [2.45, 2.75) is 0 Å². The van der Waals surface area contributed by atoms with Crippen molar-refractivity contribution in [3.8, 4) is 0 Å². The van der Waals surface area contributed by atoms with Crippen LogP contribution in [0.25, 0.3) is 10.2 Å². The van der Waals surface area contributed by atoms with Gasteiger partial charge in [0.15, 0.2) is 0 Å². The van der Waals surface area contributed by atoms with E-state index in [0.29, 0.717) is 33.0 Å². The highest BCUT2D eigenvalue weighted by molar-refractivity contribution is 7.16. The first-order valence-corrected chi connectivity index (χ1v) is 7.49. The number of ether oxygens (including phenoxy) is 3. The number of thiazole rings is 1. The van der Waals surface area contributed by atoms with Crippen LogP contribution in [0.15, 0.2) is 23.7 Å². The van der Waals surface area contributed by atoms with Gasteiger partial charge in [-0.3, -0.25) is 0 Å². The molecular formula is C14H20N2O3S. The van der Waals surface area contributed by atoms with Crippen molar-refractivity contribution in [2.75, 3.05) is 52.0 Å². The number of benzene rings is 1. The van der Waals surface area contributed by atoms with Crippen molar-refractivity contribution < 1.29 is 14.2 Å². The van der Waals surface area contributed by atoms with Gasteiger partial charge in [-0.2, -0.15) is 0 Å². The molecule has 1 heterocycles. The highest BCUT2D eigenvalue weighted by atomic mass is 32.1. The van der Waals surface area contributed by atoms with Crippen molar-refractivity contribution in [2.24, 2.45) is 0 Å². The molecule has 0 saturated heterocycles. The molecule has 0 bridgehead atoms. The second-order valence-corrected chi connectivity index (χ2v) is 5.07. The summed E-state index contributed by atoms with van der Waals surface area (Å²) in [5, 5.41) is 3.33. The van der Waals surface area contributed by atoms with E-state index >= 15 is 0 Å². The van der Waals surface area contributed by atoms with E-state index in [9.17, 15) is 0 Å². The third-order valence-electron chi connectivity index (χ3n) is 2.71. The molecule has 0 atom stereocenters. The Kier molecular flexibility index (Phi) is 6.73. The third kappa shape index (κ3) is 5.05. The van der Waals surface area contributed by atoms with E-state index in [1.807, 2.05) is 17.6 Å². The van der Waals surface area contributed by atoms with Crippen molar-refractivity contribution in [1.29, 1.82) is 0 Å². The van der Waals surface area contributed by atoms with Crippen LogP contribution >= 0.6 is 11.3 Å². The van der Waals surface area contributed by atoms with Crippen LogP contribution in [0, 0.1) is 0 Å². The molecule has 0 fully saturated rings. The van der Waals surface area contributed by atoms with Gasteiger partial charge in [0.1, 0.15) is 0 Å². The van der Waals surface area contributed by atoms with Crippen LogP contribution in [-0.4, -0.2) is 51.7 Å². The molecule has 0 saturated carbocycles. The number of nitrogens with one attached hydrogen (secondary N) is 1. The van der Waals surface area contributed by atoms with Gasteiger partial charge in [-0.05, 0) is 18.2 Å². The number of methoxy groups -OCH3 is 1. The number of rotatable bonds is 10. The number of aromatic nitrogens is 1. The largest absolute Gasteiger partial charge is 0.383 e. The fourth-order valence-corrected chi connectivity index (χ4v) is 2.41. The summed E-state index contributed by atoms with van der Waals surface area (Å²) in [5.41, 5.74) is 4.01. The van der Waals surface area contributed by atoms with E-state index in [2.05, 4.69) is 16.4 Å². The molecule has 0 aliphatic rings. The maximum absolute atomic E-state index is 5.47. The maximum Gasteiger partial charge on any atom is 0.0813 e. The molecule has 0 aliphatic heterocycles. The third-order valence-corrected chi connectivity index (χ3v) is 3.50. The molecule has 2 aromatic rings. The summed E-state index contributed by atoms with van der Waals surface area (Å²) in [6, 6.07) is 6.18. The molecule has 0 radical (unpaired) electrons. The zero-order valence-electron chi connectivity index (χ0n) is 11.6. The molecule has 20 heavy (non-hydrogen) atoms. The van der Waals surface area contributed by atoms with Crippen molar-refractivity contribution >= 4 is 27.2 Å². The van der Waals surface area contributed by atoms with Gasteiger partial charge in [0.25, 0.3) is 0 Å². The summed E-state index contributed by atoms with van der Waals surface area (Å²) < 4.78 is 16.9.